The van der Waals surface area contributed by atoms with Gasteiger partial charge in [0, 0.05) is 32.3 Å². The summed E-state index contributed by atoms with van der Waals surface area (Å²) in [5.41, 5.74) is 1.57. The van der Waals surface area contributed by atoms with Crippen molar-refractivity contribution in [2.45, 2.75) is 50.8 Å². The van der Waals surface area contributed by atoms with Crippen molar-refractivity contribution in [1.29, 1.82) is 0 Å². The van der Waals surface area contributed by atoms with Gasteiger partial charge in [-0.05, 0) is 37.8 Å². The topological polar surface area (TPSA) is 24.5 Å². The molecule has 2 saturated heterocycles. The summed E-state index contributed by atoms with van der Waals surface area (Å²) in [6, 6.07) is 11.5. The first kappa shape index (κ1) is 15.0. The molecular weight excluding hydrogens is 260 g/mol. The first-order chi connectivity index (χ1) is 10.3. The van der Waals surface area contributed by atoms with Crippen molar-refractivity contribution < 1.29 is 4.74 Å². The predicted octanol–water partition coefficient (Wildman–Crippen LogP) is 2.81. The van der Waals surface area contributed by atoms with Gasteiger partial charge in [0.25, 0.3) is 0 Å². The molecule has 1 spiro atoms. The lowest BCUT2D eigenvalue weighted by atomic mass is 9.82. The minimum atomic E-state index is 0.151. The van der Waals surface area contributed by atoms with Gasteiger partial charge < -0.3 is 10.1 Å². The van der Waals surface area contributed by atoms with E-state index in [9.17, 15) is 0 Å². The number of rotatable bonds is 4. The summed E-state index contributed by atoms with van der Waals surface area (Å²) >= 11 is 0. The molecule has 1 unspecified atom stereocenters. The van der Waals surface area contributed by atoms with Gasteiger partial charge in [-0.3, -0.25) is 4.90 Å². The average Bonchev–Trinajstić information content (AvgIpc) is 2.52. The van der Waals surface area contributed by atoms with E-state index in [-0.39, 0.29) is 5.60 Å². The van der Waals surface area contributed by atoms with E-state index in [0.29, 0.717) is 6.04 Å². The van der Waals surface area contributed by atoms with Gasteiger partial charge in [0.2, 0.25) is 0 Å². The van der Waals surface area contributed by atoms with Crippen LogP contribution in [0.25, 0.3) is 0 Å². The molecule has 21 heavy (non-hydrogen) atoms. The molecule has 0 radical (unpaired) electrons. The Labute approximate surface area is 128 Å². The normalized spacial score (nSPS) is 26.0. The number of hydrogen-bond acceptors (Lipinski definition) is 3. The molecule has 2 heterocycles. The maximum absolute atomic E-state index is 6.21. The lowest BCUT2D eigenvalue weighted by molar-refractivity contribution is -0.120. The smallest absolute Gasteiger partial charge is 0.0721 e. The Kier molecular flexibility index (Phi) is 4.94. The molecule has 3 rings (SSSR count). The lowest BCUT2D eigenvalue weighted by Gasteiger charge is -2.46. The molecule has 3 heteroatoms. The third-order valence-electron chi connectivity index (χ3n) is 5.00. The molecule has 2 fully saturated rings. The van der Waals surface area contributed by atoms with Crippen LogP contribution < -0.4 is 5.32 Å². The van der Waals surface area contributed by atoms with E-state index in [1.54, 1.807) is 0 Å². The van der Waals surface area contributed by atoms with Gasteiger partial charge in [-0.15, -0.1) is 0 Å². The summed E-state index contributed by atoms with van der Waals surface area (Å²) in [6.45, 7) is 7.59. The fourth-order valence-corrected chi connectivity index (χ4v) is 3.80. The standard InChI is InChI=1S/C18H28N2O/c1-2-19-17-8-13-21-18(14-17)9-11-20(12-10-18)15-16-6-4-3-5-7-16/h3-7,17,19H,2,8-15H2,1H3. The van der Waals surface area contributed by atoms with Crippen molar-refractivity contribution in [3.8, 4) is 0 Å². The Bertz CT molecular complexity index is 424. The average molecular weight is 288 g/mol. The second-order valence-electron chi connectivity index (χ2n) is 6.54. The van der Waals surface area contributed by atoms with Gasteiger partial charge in [0.05, 0.1) is 5.60 Å². The van der Waals surface area contributed by atoms with Gasteiger partial charge in [0.1, 0.15) is 0 Å². The minimum absolute atomic E-state index is 0.151. The van der Waals surface area contributed by atoms with Crippen molar-refractivity contribution >= 4 is 0 Å². The zero-order chi connectivity index (χ0) is 14.5. The van der Waals surface area contributed by atoms with Crippen LogP contribution in [-0.2, 0) is 11.3 Å². The van der Waals surface area contributed by atoms with Gasteiger partial charge in [0.15, 0.2) is 0 Å². The monoisotopic (exact) mass is 288 g/mol. The zero-order valence-electron chi connectivity index (χ0n) is 13.2. The van der Waals surface area contributed by atoms with Gasteiger partial charge >= 0.3 is 0 Å². The van der Waals surface area contributed by atoms with Crippen molar-refractivity contribution in [3.63, 3.8) is 0 Å². The Balaban J connectivity index is 1.52. The maximum Gasteiger partial charge on any atom is 0.0721 e. The van der Waals surface area contributed by atoms with Gasteiger partial charge in [-0.2, -0.15) is 0 Å². The van der Waals surface area contributed by atoms with E-state index >= 15 is 0 Å². The highest BCUT2D eigenvalue weighted by Crippen LogP contribution is 2.35. The summed E-state index contributed by atoms with van der Waals surface area (Å²) in [5, 5.41) is 3.61. The largest absolute Gasteiger partial charge is 0.375 e. The van der Waals surface area contributed by atoms with Crippen LogP contribution in [0, 0.1) is 0 Å². The first-order valence-corrected chi connectivity index (χ1v) is 8.43. The molecule has 0 amide bonds. The van der Waals surface area contributed by atoms with E-state index in [0.717, 1.165) is 32.8 Å². The minimum Gasteiger partial charge on any atom is -0.375 e. The highest BCUT2D eigenvalue weighted by atomic mass is 16.5. The fraction of sp³-hybridized carbons (Fsp3) is 0.667. The van der Waals surface area contributed by atoms with Gasteiger partial charge in [-0.25, -0.2) is 0 Å². The SMILES string of the molecule is CCNC1CCOC2(CCN(Cc3ccccc3)CC2)C1. The molecular formula is C18H28N2O. The molecule has 0 aromatic heterocycles. The molecule has 2 aliphatic heterocycles. The fourth-order valence-electron chi connectivity index (χ4n) is 3.80. The molecule has 1 aromatic rings. The Morgan fingerprint density at radius 3 is 2.71 bits per heavy atom. The van der Waals surface area contributed by atoms with Crippen LogP contribution in [-0.4, -0.2) is 42.8 Å². The number of nitrogens with zero attached hydrogens (tertiary/aromatic N) is 1. The van der Waals surface area contributed by atoms with Gasteiger partial charge in [-0.1, -0.05) is 37.3 Å². The van der Waals surface area contributed by atoms with Crippen LogP contribution in [0.15, 0.2) is 30.3 Å². The molecule has 3 nitrogen and oxygen atoms in total. The van der Waals surface area contributed by atoms with E-state index in [2.05, 4.69) is 47.5 Å². The molecule has 1 aromatic carbocycles. The van der Waals surface area contributed by atoms with Crippen LogP contribution >= 0.6 is 0 Å². The summed E-state index contributed by atoms with van der Waals surface area (Å²) in [5.74, 6) is 0. The number of likely N-dealkylation sites (tertiary alicyclic amines) is 1. The number of nitrogens with one attached hydrogen (secondary N) is 1. The van der Waals surface area contributed by atoms with Crippen LogP contribution in [0.3, 0.4) is 0 Å². The molecule has 0 bridgehead atoms. The second-order valence-corrected chi connectivity index (χ2v) is 6.54. The summed E-state index contributed by atoms with van der Waals surface area (Å²) < 4.78 is 6.21. The third kappa shape index (κ3) is 3.85. The molecule has 2 aliphatic rings. The number of benzene rings is 1. The summed E-state index contributed by atoms with van der Waals surface area (Å²) in [7, 11) is 0. The molecule has 1 N–H and O–H groups in total. The quantitative estimate of drug-likeness (QED) is 0.922. The third-order valence-corrected chi connectivity index (χ3v) is 5.00. The summed E-state index contributed by atoms with van der Waals surface area (Å²) in [4.78, 5) is 2.57. The van der Waals surface area contributed by atoms with Crippen molar-refractivity contribution in [3.05, 3.63) is 35.9 Å². The highest BCUT2D eigenvalue weighted by molar-refractivity contribution is 5.14. The van der Waals surface area contributed by atoms with Crippen LogP contribution in [0.1, 0.15) is 38.2 Å². The molecule has 116 valence electrons. The Morgan fingerprint density at radius 1 is 1.24 bits per heavy atom. The van der Waals surface area contributed by atoms with Crippen LogP contribution in [0.5, 0.6) is 0 Å². The summed E-state index contributed by atoms with van der Waals surface area (Å²) in [6.07, 6.45) is 4.73. The lowest BCUT2D eigenvalue weighted by Crippen LogP contribution is -2.52. The van der Waals surface area contributed by atoms with E-state index in [4.69, 9.17) is 4.74 Å². The maximum atomic E-state index is 6.21. The second kappa shape index (κ2) is 6.91. The Morgan fingerprint density at radius 2 is 2.00 bits per heavy atom. The van der Waals surface area contributed by atoms with Crippen molar-refractivity contribution in [1.82, 2.24) is 10.2 Å². The first-order valence-electron chi connectivity index (χ1n) is 8.43. The zero-order valence-corrected chi connectivity index (χ0v) is 13.2. The van der Waals surface area contributed by atoms with E-state index < -0.39 is 0 Å². The number of piperidine rings is 1. The highest BCUT2D eigenvalue weighted by Gasteiger charge is 2.39. The number of ether oxygens (including phenoxy) is 1. The molecule has 0 saturated carbocycles. The van der Waals surface area contributed by atoms with Crippen LogP contribution in [0.4, 0.5) is 0 Å². The molecule has 1 atom stereocenters. The van der Waals surface area contributed by atoms with Crippen molar-refractivity contribution in [2.24, 2.45) is 0 Å². The molecule has 0 aliphatic carbocycles. The predicted molar refractivity (Wildman–Crippen MR) is 86.3 cm³/mol. The van der Waals surface area contributed by atoms with E-state index in [1.807, 2.05) is 0 Å². The van der Waals surface area contributed by atoms with Crippen molar-refractivity contribution in [2.75, 3.05) is 26.2 Å². The Hall–Kier alpha value is -0.900. The number of hydrogen-bond donors (Lipinski definition) is 1. The van der Waals surface area contributed by atoms with E-state index in [1.165, 1.54) is 31.2 Å². The van der Waals surface area contributed by atoms with Crippen LogP contribution in [0.2, 0.25) is 0 Å².